The van der Waals surface area contributed by atoms with Gasteiger partial charge in [-0.15, -0.1) is 0 Å². The van der Waals surface area contributed by atoms with Crippen LogP contribution in [0.5, 0.6) is 0 Å². The minimum atomic E-state index is -4.49. The van der Waals surface area contributed by atoms with Gasteiger partial charge in [0, 0.05) is 16.3 Å². The number of rotatable bonds is 3. The Labute approximate surface area is 124 Å². The lowest BCUT2D eigenvalue weighted by atomic mass is 10.1. The van der Waals surface area contributed by atoms with E-state index in [2.05, 4.69) is 9.97 Å². The highest BCUT2D eigenvalue weighted by Gasteiger charge is 2.34. The van der Waals surface area contributed by atoms with Crippen LogP contribution in [0.4, 0.5) is 13.2 Å². The lowest BCUT2D eigenvalue weighted by Crippen LogP contribution is -2.08. The Hall–Kier alpha value is -1.60. The Balaban J connectivity index is 2.43. The van der Waals surface area contributed by atoms with Crippen LogP contribution in [-0.2, 0) is 12.8 Å². The van der Waals surface area contributed by atoms with Gasteiger partial charge in [0.25, 0.3) is 0 Å². The van der Waals surface area contributed by atoms with E-state index in [9.17, 15) is 13.2 Å². The molecule has 0 aliphatic rings. The number of aliphatic hydroxyl groups excluding tert-OH is 1. The Kier molecular flexibility index (Phi) is 4.53. The summed E-state index contributed by atoms with van der Waals surface area (Å²) in [6.45, 7) is 3.09. The largest absolute Gasteiger partial charge is 0.417 e. The summed E-state index contributed by atoms with van der Waals surface area (Å²) in [6, 6.07) is 5.49. The van der Waals surface area contributed by atoms with Gasteiger partial charge in [-0.05, 0) is 49.4 Å². The van der Waals surface area contributed by atoms with Gasteiger partial charge in [0.1, 0.15) is 0 Å². The maximum Gasteiger partial charge on any atom is 0.417 e. The molecule has 1 aromatic carbocycles. The molecular weight excluding hydrogens is 301 g/mol. The van der Waals surface area contributed by atoms with Gasteiger partial charge in [-0.1, -0.05) is 6.07 Å². The molecule has 0 unspecified atom stereocenters. The van der Waals surface area contributed by atoms with Crippen molar-refractivity contribution in [2.75, 3.05) is 0 Å². The number of hydrogen-bond donors (Lipinski definition) is 1. The molecule has 0 saturated heterocycles. The molecule has 0 saturated carbocycles. The fourth-order valence-corrected chi connectivity index (χ4v) is 2.82. The third-order valence-corrected chi connectivity index (χ3v) is 3.64. The van der Waals surface area contributed by atoms with E-state index in [4.69, 9.17) is 5.11 Å². The van der Waals surface area contributed by atoms with Crippen LogP contribution in [0.3, 0.4) is 0 Å². The number of aromatic nitrogens is 2. The van der Waals surface area contributed by atoms with Gasteiger partial charge in [-0.3, -0.25) is 0 Å². The Morgan fingerprint density at radius 3 is 2.24 bits per heavy atom. The van der Waals surface area contributed by atoms with Gasteiger partial charge in [0.15, 0.2) is 5.16 Å². The number of nitrogens with zero attached hydrogens (tertiary/aromatic N) is 2. The first-order chi connectivity index (χ1) is 9.79. The van der Waals surface area contributed by atoms with Crippen molar-refractivity contribution in [1.29, 1.82) is 0 Å². The molecule has 1 aromatic heterocycles. The van der Waals surface area contributed by atoms with Crippen molar-refractivity contribution in [3.8, 4) is 0 Å². The number of aryl methyl sites for hydroxylation is 2. The molecule has 0 fully saturated rings. The maximum absolute atomic E-state index is 13.1. The quantitative estimate of drug-likeness (QED) is 0.876. The van der Waals surface area contributed by atoms with Crippen molar-refractivity contribution >= 4 is 11.8 Å². The molecule has 0 atom stereocenters. The van der Waals surface area contributed by atoms with Crippen molar-refractivity contribution in [3.63, 3.8) is 0 Å². The van der Waals surface area contributed by atoms with Crippen molar-refractivity contribution in [2.24, 2.45) is 0 Å². The molecule has 7 heteroatoms. The van der Waals surface area contributed by atoms with Crippen LogP contribution < -0.4 is 0 Å². The Bertz CT molecular complexity index is 639. The zero-order valence-electron chi connectivity index (χ0n) is 11.4. The van der Waals surface area contributed by atoms with Crippen LogP contribution in [0.15, 0.2) is 34.3 Å². The maximum atomic E-state index is 13.1. The van der Waals surface area contributed by atoms with Gasteiger partial charge >= 0.3 is 6.18 Å². The van der Waals surface area contributed by atoms with Gasteiger partial charge in [0.05, 0.1) is 12.2 Å². The van der Waals surface area contributed by atoms with Crippen molar-refractivity contribution in [1.82, 2.24) is 9.97 Å². The molecule has 2 rings (SSSR count). The third-order valence-electron chi connectivity index (χ3n) is 2.69. The molecule has 2 aromatic rings. The summed E-state index contributed by atoms with van der Waals surface area (Å²) in [6.07, 6.45) is -4.49. The minimum Gasteiger partial charge on any atom is -0.392 e. The second kappa shape index (κ2) is 6.03. The molecule has 0 aliphatic carbocycles. The smallest absolute Gasteiger partial charge is 0.392 e. The van der Waals surface area contributed by atoms with Gasteiger partial charge in [-0.2, -0.15) is 13.2 Å². The number of aliphatic hydroxyl groups is 1. The molecule has 0 aliphatic heterocycles. The zero-order chi connectivity index (χ0) is 15.6. The zero-order valence-corrected chi connectivity index (χ0v) is 12.2. The van der Waals surface area contributed by atoms with Crippen molar-refractivity contribution in [3.05, 3.63) is 46.8 Å². The normalized spacial score (nSPS) is 11.7. The molecule has 0 bridgehead atoms. The third kappa shape index (κ3) is 3.95. The molecule has 0 spiro atoms. The van der Waals surface area contributed by atoms with Crippen LogP contribution in [-0.4, -0.2) is 15.1 Å². The van der Waals surface area contributed by atoms with Gasteiger partial charge in [-0.25, -0.2) is 9.97 Å². The highest BCUT2D eigenvalue weighted by molar-refractivity contribution is 7.99. The predicted molar refractivity (Wildman–Crippen MR) is 73.0 cm³/mol. The van der Waals surface area contributed by atoms with Crippen LogP contribution in [0.1, 0.15) is 22.5 Å². The fraction of sp³-hybridized carbons (Fsp3) is 0.286. The number of hydrogen-bond acceptors (Lipinski definition) is 4. The van der Waals surface area contributed by atoms with Crippen molar-refractivity contribution in [2.45, 2.75) is 36.7 Å². The second-order valence-corrected chi connectivity index (χ2v) is 5.53. The molecule has 0 radical (unpaired) electrons. The summed E-state index contributed by atoms with van der Waals surface area (Å²) in [5.74, 6) is 0. The molecular formula is C14H13F3N2OS. The fourth-order valence-electron chi connectivity index (χ4n) is 1.82. The van der Waals surface area contributed by atoms with Crippen LogP contribution in [0, 0.1) is 13.8 Å². The first-order valence-corrected chi connectivity index (χ1v) is 6.92. The molecule has 1 heterocycles. The van der Waals surface area contributed by atoms with Crippen LogP contribution in [0.25, 0.3) is 0 Å². The highest BCUT2D eigenvalue weighted by Crippen LogP contribution is 2.39. The van der Waals surface area contributed by atoms with Crippen LogP contribution >= 0.6 is 11.8 Å². The van der Waals surface area contributed by atoms with E-state index in [1.807, 2.05) is 0 Å². The second-order valence-electron chi connectivity index (χ2n) is 4.52. The molecule has 3 nitrogen and oxygen atoms in total. The molecule has 112 valence electrons. The van der Waals surface area contributed by atoms with E-state index < -0.39 is 18.3 Å². The monoisotopic (exact) mass is 314 g/mol. The standard InChI is InChI=1S/C14H13F3N2OS/c1-8-5-9(2)19-13(18-8)21-12-4-3-10(7-20)6-11(12)14(15,16)17/h3-6,20H,7H2,1-2H3. The number of alkyl halides is 3. The lowest BCUT2D eigenvalue weighted by Gasteiger charge is -2.13. The molecule has 0 amide bonds. The Morgan fingerprint density at radius 2 is 1.71 bits per heavy atom. The average Bonchev–Trinajstić information content (AvgIpc) is 2.36. The van der Waals surface area contributed by atoms with Crippen LogP contribution in [0.2, 0.25) is 0 Å². The highest BCUT2D eigenvalue weighted by atomic mass is 32.2. The summed E-state index contributed by atoms with van der Waals surface area (Å²) in [4.78, 5) is 8.28. The SMILES string of the molecule is Cc1cc(C)nc(Sc2ccc(CO)cc2C(F)(F)F)n1. The topological polar surface area (TPSA) is 46.0 Å². The lowest BCUT2D eigenvalue weighted by molar-refractivity contribution is -0.139. The summed E-state index contributed by atoms with van der Waals surface area (Å²) in [5, 5.41) is 9.26. The summed E-state index contributed by atoms with van der Waals surface area (Å²) >= 11 is 0.865. The van der Waals surface area contributed by atoms with Gasteiger partial charge < -0.3 is 5.11 Å². The summed E-state index contributed by atoms with van der Waals surface area (Å²) in [7, 11) is 0. The van der Waals surface area contributed by atoms with Crippen molar-refractivity contribution < 1.29 is 18.3 Å². The van der Waals surface area contributed by atoms with E-state index in [1.165, 1.54) is 12.1 Å². The van der Waals surface area contributed by atoms with E-state index in [0.717, 1.165) is 17.8 Å². The number of benzene rings is 1. The first-order valence-electron chi connectivity index (χ1n) is 6.10. The summed E-state index contributed by atoms with van der Waals surface area (Å²) < 4.78 is 39.3. The van der Waals surface area contributed by atoms with E-state index in [0.29, 0.717) is 11.4 Å². The Morgan fingerprint density at radius 1 is 1.10 bits per heavy atom. The minimum absolute atomic E-state index is 0.0182. The van der Waals surface area contributed by atoms with E-state index in [-0.39, 0.29) is 15.6 Å². The molecule has 21 heavy (non-hydrogen) atoms. The van der Waals surface area contributed by atoms with Gasteiger partial charge in [0.2, 0.25) is 0 Å². The average molecular weight is 314 g/mol. The summed E-state index contributed by atoms with van der Waals surface area (Å²) in [5.41, 5.74) is 0.825. The molecule has 1 N–H and O–H groups in total. The predicted octanol–water partition coefficient (Wildman–Crippen LogP) is 3.76. The first kappa shape index (κ1) is 15.8. The van der Waals surface area contributed by atoms with E-state index >= 15 is 0 Å². The van der Waals surface area contributed by atoms with E-state index in [1.54, 1.807) is 19.9 Å². The number of halogens is 3.